The molecule has 1 unspecified atom stereocenters. The highest BCUT2D eigenvalue weighted by atomic mass is 32.2. The molecule has 2 aliphatic rings. The summed E-state index contributed by atoms with van der Waals surface area (Å²) in [5, 5.41) is 6.47. The van der Waals surface area contributed by atoms with Gasteiger partial charge in [0.25, 0.3) is 0 Å². The summed E-state index contributed by atoms with van der Waals surface area (Å²) >= 11 is 0. The van der Waals surface area contributed by atoms with Gasteiger partial charge in [-0.1, -0.05) is 19.3 Å². The Kier molecular flexibility index (Phi) is 8.32. The number of guanidine groups is 1. The van der Waals surface area contributed by atoms with Crippen LogP contribution >= 0.6 is 0 Å². The first-order valence-electron chi connectivity index (χ1n) is 9.38. The average molecular weight is 360 g/mol. The van der Waals surface area contributed by atoms with Crippen molar-refractivity contribution in [1.29, 1.82) is 0 Å². The number of sulfone groups is 1. The maximum Gasteiger partial charge on any atom is 0.191 e. The summed E-state index contributed by atoms with van der Waals surface area (Å²) in [6.45, 7) is 1.72. The number of hydrogen-bond acceptors (Lipinski definition) is 4. The lowest BCUT2D eigenvalue weighted by Gasteiger charge is -2.21. The molecule has 6 nitrogen and oxygen atoms in total. The third kappa shape index (κ3) is 7.38. The first-order chi connectivity index (χ1) is 11.6. The molecular weight excluding hydrogens is 326 g/mol. The summed E-state index contributed by atoms with van der Waals surface area (Å²) in [4.78, 5) is 4.17. The Labute approximate surface area is 146 Å². The molecule has 1 heterocycles. The molecule has 1 aliphatic carbocycles. The van der Waals surface area contributed by atoms with Crippen LogP contribution in [0.4, 0.5) is 0 Å². The van der Waals surface area contributed by atoms with E-state index in [2.05, 4.69) is 15.6 Å². The highest BCUT2D eigenvalue weighted by Crippen LogP contribution is 2.20. The number of aliphatic imine (C=N–C) groups is 1. The van der Waals surface area contributed by atoms with Crippen molar-refractivity contribution in [3.63, 3.8) is 0 Å². The van der Waals surface area contributed by atoms with Crippen molar-refractivity contribution in [2.24, 2.45) is 4.99 Å². The topological polar surface area (TPSA) is 79.8 Å². The second-order valence-corrected chi connectivity index (χ2v) is 9.16. The molecule has 0 amide bonds. The van der Waals surface area contributed by atoms with E-state index in [1.165, 1.54) is 32.1 Å². The summed E-state index contributed by atoms with van der Waals surface area (Å²) in [6, 6.07) is -0.00917. The standard InChI is InChI=1S/C17H33N3O3S/c1-18-17(20-15-10-13-24(21,22)14-15)19-11-6-3-7-12-23-16-8-4-2-5-9-16/h15-16H,2-14H2,1H3,(H2,18,19,20). The molecule has 2 rings (SSSR count). The van der Waals surface area contributed by atoms with Crippen LogP contribution in [-0.2, 0) is 14.6 Å². The van der Waals surface area contributed by atoms with Crippen LogP contribution in [0.25, 0.3) is 0 Å². The number of unbranched alkanes of at least 4 members (excludes halogenated alkanes) is 2. The summed E-state index contributed by atoms with van der Waals surface area (Å²) < 4.78 is 28.9. The largest absolute Gasteiger partial charge is 0.378 e. The first kappa shape index (κ1) is 19.5. The van der Waals surface area contributed by atoms with E-state index < -0.39 is 9.84 Å². The van der Waals surface area contributed by atoms with Crippen molar-refractivity contribution >= 4 is 15.8 Å². The third-order valence-corrected chi connectivity index (χ3v) is 6.58. The molecule has 1 atom stereocenters. The maximum absolute atomic E-state index is 11.5. The van der Waals surface area contributed by atoms with Crippen molar-refractivity contribution in [3.05, 3.63) is 0 Å². The Balaban J connectivity index is 1.48. The second kappa shape index (κ2) is 10.2. The molecule has 1 aliphatic heterocycles. The van der Waals surface area contributed by atoms with Gasteiger partial charge in [-0.05, 0) is 38.5 Å². The number of nitrogens with one attached hydrogen (secondary N) is 2. The molecule has 0 aromatic heterocycles. The van der Waals surface area contributed by atoms with Crippen LogP contribution in [0.15, 0.2) is 4.99 Å². The quantitative estimate of drug-likeness (QED) is 0.393. The lowest BCUT2D eigenvalue weighted by atomic mass is 9.98. The van der Waals surface area contributed by atoms with Gasteiger partial charge >= 0.3 is 0 Å². The van der Waals surface area contributed by atoms with E-state index in [0.717, 1.165) is 32.4 Å². The molecule has 1 saturated carbocycles. The molecular formula is C17H33N3O3S. The summed E-state index contributed by atoms with van der Waals surface area (Å²) in [5.74, 6) is 1.20. The van der Waals surface area contributed by atoms with E-state index in [1.807, 2.05) is 0 Å². The number of ether oxygens (including phenoxy) is 1. The fourth-order valence-electron chi connectivity index (χ4n) is 3.39. The average Bonchev–Trinajstić information content (AvgIpc) is 2.92. The molecule has 0 spiro atoms. The predicted molar refractivity (Wildman–Crippen MR) is 98.2 cm³/mol. The molecule has 7 heteroatoms. The van der Waals surface area contributed by atoms with Crippen LogP contribution in [0.3, 0.4) is 0 Å². The SMILES string of the molecule is CN=C(NCCCCCOC1CCCCC1)NC1CCS(=O)(=O)C1. The van der Waals surface area contributed by atoms with E-state index in [-0.39, 0.29) is 17.5 Å². The molecule has 0 aromatic carbocycles. The Bertz CT molecular complexity index is 487. The van der Waals surface area contributed by atoms with Gasteiger partial charge in [0, 0.05) is 26.2 Å². The third-order valence-electron chi connectivity index (χ3n) is 4.82. The number of hydrogen-bond donors (Lipinski definition) is 2. The van der Waals surface area contributed by atoms with Gasteiger partial charge in [-0.2, -0.15) is 0 Å². The van der Waals surface area contributed by atoms with Gasteiger partial charge < -0.3 is 15.4 Å². The zero-order valence-electron chi connectivity index (χ0n) is 14.9. The smallest absolute Gasteiger partial charge is 0.191 e. The molecule has 2 fully saturated rings. The van der Waals surface area contributed by atoms with E-state index in [1.54, 1.807) is 7.05 Å². The van der Waals surface area contributed by atoms with Crippen LogP contribution in [0.1, 0.15) is 57.8 Å². The molecule has 140 valence electrons. The Hall–Kier alpha value is -0.820. The Morgan fingerprint density at radius 3 is 2.58 bits per heavy atom. The monoisotopic (exact) mass is 359 g/mol. The van der Waals surface area contributed by atoms with Crippen molar-refractivity contribution in [2.45, 2.75) is 69.9 Å². The molecule has 0 aromatic rings. The van der Waals surface area contributed by atoms with Gasteiger partial charge in [0.05, 0.1) is 17.6 Å². The minimum absolute atomic E-state index is 0.00917. The maximum atomic E-state index is 11.5. The summed E-state index contributed by atoms with van der Waals surface area (Å²) in [7, 11) is -1.13. The van der Waals surface area contributed by atoms with E-state index >= 15 is 0 Å². The molecule has 1 saturated heterocycles. The molecule has 24 heavy (non-hydrogen) atoms. The highest BCUT2D eigenvalue weighted by Gasteiger charge is 2.28. The van der Waals surface area contributed by atoms with Crippen LogP contribution in [0.2, 0.25) is 0 Å². The minimum atomic E-state index is -2.85. The normalized spacial score (nSPS) is 24.9. The summed E-state index contributed by atoms with van der Waals surface area (Å²) in [5.41, 5.74) is 0. The van der Waals surface area contributed by atoms with Gasteiger partial charge in [-0.25, -0.2) is 8.42 Å². The van der Waals surface area contributed by atoms with Crippen molar-refractivity contribution in [3.8, 4) is 0 Å². The minimum Gasteiger partial charge on any atom is -0.378 e. The van der Waals surface area contributed by atoms with E-state index in [4.69, 9.17) is 4.74 Å². The fraction of sp³-hybridized carbons (Fsp3) is 0.941. The molecule has 0 radical (unpaired) electrons. The predicted octanol–water partition coefficient (Wildman–Crippen LogP) is 1.86. The second-order valence-electron chi connectivity index (χ2n) is 6.93. The summed E-state index contributed by atoms with van der Waals surface area (Å²) in [6.07, 6.45) is 11.0. The van der Waals surface area contributed by atoms with Crippen LogP contribution in [0.5, 0.6) is 0 Å². The van der Waals surface area contributed by atoms with Gasteiger partial charge in [-0.3, -0.25) is 4.99 Å². The zero-order chi connectivity index (χ0) is 17.3. The zero-order valence-corrected chi connectivity index (χ0v) is 15.7. The molecule has 2 N–H and O–H groups in total. The lowest BCUT2D eigenvalue weighted by Crippen LogP contribution is -2.44. The molecule has 0 bridgehead atoms. The number of nitrogens with zero attached hydrogens (tertiary/aromatic N) is 1. The van der Waals surface area contributed by atoms with Crippen LogP contribution in [-0.4, -0.2) is 58.2 Å². The van der Waals surface area contributed by atoms with Crippen molar-refractivity contribution in [1.82, 2.24) is 10.6 Å². The van der Waals surface area contributed by atoms with Crippen molar-refractivity contribution in [2.75, 3.05) is 31.7 Å². The van der Waals surface area contributed by atoms with E-state index in [9.17, 15) is 8.42 Å². The van der Waals surface area contributed by atoms with Crippen molar-refractivity contribution < 1.29 is 13.2 Å². The number of rotatable bonds is 8. The van der Waals surface area contributed by atoms with Gasteiger partial charge in [0.15, 0.2) is 15.8 Å². The van der Waals surface area contributed by atoms with Gasteiger partial charge in [-0.15, -0.1) is 0 Å². The Morgan fingerprint density at radius 1 is 1.12 bits per heavy atom. The highest BCUT2D eigenvalue weighted by molar-refractivity contribution is 7.91. The Morgan fingerprint density at radius 2 is 1.92 bits per heavy atom. The lowest BCUT2D eigenvalue weighted by molar-refractivity contribution is 0.0264. The van der Waals surface area contributed by atoms with Gasteiger partial charge in [0.2, 0.25) is 0 Å². The van der Waals surface area contributed by atoms with E-state index in [0.29, 0.717) is 18.5 Å². The van der Waals surface area contributed by atoms with Crippen LogP contribution < -0.4 is 10.6 Å². The van der Waals surface area contributed by atoms with Gasteiger partial charge in [0.1, 0.15) is 0 Å². The van der Waals surface area contributed by atoms with Crippen LogP contribution in [0, 0.1) is 0 Å². The first-order valence-corrected chi connectivity index (χ1v) is 11.2. The fourth-order valence-corrected chi connectivity index (χ4v) is 5.06.